The van der Waals surface area contributed by atoms with Crippen LogP contribution in [0.15, 0.2) is 30.3 Å². The van der Waals surface area contributed by atoms with Gasteiger partial charge in [-0.3, -0.25) is 19.7 Å². The highest BCUT2D eigenvalue weighted by molar-refractivity contribution is 8.15. The zero-order valence-corrected chi connectivity index (χ0v) is 20.8. The Morgan fingerprint density at radius 1 is 1.21 bits per heavy atom. The van der Waals surface area contributed by atoms with Gasteiger partial charge in [-0.1, -0.05) is 44.7 Å². The molecule has 2 aromatic rings. The van der Waals surface area contributed by atoms with Crippen LogP contribution in [0.4, 0.5) is 4.79 Å². The number of benzene rings is 2. The van der Waals surface area contributed by atoms with Crippen molar-refractivity contribution >= 4 is 28.7 Å². The first-order chi connectivity index (χ1) is 15.8. The van der Waals surface area contributed by atoms with Gasteiger partial charge in [-0.25, -0.2) is 0 Å². The number of rotatable bonds is 5. The summed E-state index contributed by atoms with van der Waals surface area (Å²) in [5, 5.41) is 11.9. The monoisotopic (exact) mass is 483 g/mol. The quantitative estimate of drug-likeness (QED) is 0.636. The van der Waals surface area contributed by atoms with Gasteiger partial charge in [0.15, 0.2) is 5.78 Å². The maximum Gasteiger partial charge on any atom is 0.286 e. The van der Waals surface area contributed by atoms with E-state index in [2.05, 4.69) is 5.32 Å². The molecule has 34 heavy (non-hydrogen) atoms. The zero-order valence-electron chi connectivity index (χ0n) is 20.0. The van der Waals surface area contributed by atoms with E-state index in [1.165, 1.54) is 6.07 Å². The Bertz CT molecular complexity index is 1180. The molecule has 2 amide bonds. The molecule has 0 spiro atoms. The van der Waals surface area contributed by atoms with Gasteiger partial charge in [0.25, 0.3) is 5.24 Å². The molecule has 1 fully saturated rings. The van der Waals surface area contributed by atoms with Crippen molar-refractivity contribution in [3.05, 3.63) is 52.6 Å². The molecule has 0 radical (unpaired) electrons. The summed E-state index contributed by atoms with van der Waals surface area (Å²) >= 11 is 0.996. The third kappa shape index (κ3) is 4.92. The topological polar surface area (TPSA) is 102 Å². The smallest absolute Gasteiger partial charge is 0.286 e. The maximum absolute atomic E-state index is 12.9. The van der Waals surface area contributed by atoms with Crippen LogP contribution in [0.2, 0.25) is 0 Å². The Morgan fingerprint density at radius 2 is 1.94 bits per heavy atom. The molecule has 4 rings (SSSR count). The molecule has 2 unspecified atom stereocenters. The van der Waals surface area contributed by atoms with E-state index in [1.807, 2.05) is 52.8 Å². The summed E-state index contributed by atoms with van der Waals surface area (Å²) in [5.41, 5.74) is 1.68. The van der Waals surface area contributed by atoms with Gasteiger partial charge >= 0.3 is 0 Å². The number of ketones is 1. The highest BCUT2D eigenvalue weighted by Crippen LogP contribution is 2.41. The predicted octanol–water partition coefficient (Wildman–Crippen LogP) is 4.70. The first-order valence-electron chi connectivity index (χ1n) is 11.2. The van der Waals surface area contributed by atoms with Crippen molar-refractivity contribution < 1.29 is 29.0 Å². The number of aryl methyl sites for hydroxylation is 1. The summed E-state index contributed by atoms with van der Waals surface area (Å²) in [7, 11) is 0. The molecule has 0 aliphatic carbocycles. The van der Waals surface area contributed by atoms with Crippen LogP contribution in [-0.2, 0) is 16.6 Å². The van der Waals surface area contributed by atoms with Gasteiger partial charge < -0.3 is 14.6 Å². The van der Waals surface area contributed by atoms with Crippen molar-refractivity contribution in [1.82, 2.24) is 5.32 Å². The van der Waals surface area contributed by atoms with Crippen LogP contribution in [0.25, 0.3) is 0 Å². The van der Waals surface area contributed by atoms with E-state index in [0.717, 1.165) is 22.9 Å². The standard InChI is InChI=1S/C26H29NO6S/c1-14-6-7-15(9-22-23(30)27-24(31)34-22)8-20(14)32-13-26(5)12-19(29)16-10-18(28)17(25(2,3)4)11-21(16)33-26/h6-8,10-11,22,28H,9,12-13H2,1-5H3,(H,27,30,31). The lowest BCUT2D eigenvalue weighted by Gasteiger charge is -2.36. The molecule has 8 heteroatoms. The number of ether oxygens (including phenoxy) is 2. The predicted molar refractivity (Wildman–Crippen MR) is 130 cm³/mol. The van der Waals surface area contributed by atoms with Crippen molar-refractivity contribution in [3.8, 4) is 17.2 Å². The molecule has 2 aliphatic rings. The van der Waals surface area contributed by atoms with Crippen LogP contribution in [0.5, 0.6) is 17.2 Å². The number of carbonyl (C=O) groups excluding carboxylic acids is 3. The van der Waals surface area contributed by atoms with Gasteiger partial charge in [0.1, 0.15) is 29.5 Å². The van der Waals surface area contributed by atoms with Gasteiger partial charge in [-0.15, -0.1) is 0 Å². The van der Waals surface area contributed by atoms with Crippen molar-refractivity contribution in [1.29, 1.82) is 0 Å². The molecule has 7 nitrogen and oxygen atoms in total. The fourth-order valence-corrected chi connectivity index (χ4v) is 5.05. The molecular formula is C26H29NO6S. The van der Waals surface area contributed by atoms with Gasteiger partial charge in [-0.2, -0.15) is 0 Å². The molecule has 2 N–H and O–H groups in total. The summed E-state index contributed by atoms with van der Waals surface area (Å²) < 4.78 is 12.4. The van der Waals surface area contributed by atoms with Crippen LogP contribution in [0.1, 0.15) is 61.2 Å². The largest absolute Gasteiger partial charge is 0.508 e. The molecule has 2 heterocycles. The lowest BCUT2D eigenvalue weighted by molar-refractivity contribution is -0.118. The van der Waals surface area contributed by atoms with Crippen molar-refractivity contribution in [2.45, 2.75) is 63.7 Å². The highest BCUT2D eigenvalue weighted by Gasteiger charge is 2.39. The second-order valence-electron chi connectivity index (χ2n) is 10.2. The number of phenolic OH excluding ortho intramolecular Hbond substituents is 1. The molecule has 0 aromatic heterocycles. The van der Waals surface area contributed by atoms with E-state index in [-0.39, 0.29) is 41.1 Å². The number of fused-ring (bicyclic) bond motifs is 1. The van der Waals surface area contributed by atoms with Gasteiger partial charge in [0, 0.05) is 5.56 Å². The SMILES string of the molecule is Cc1ccc(CC2SC(=O)NC2=O)cc1OCC1(C)CC(=O)c2cc(O)c(C(C)(C)C)cc2O1. The van der Waals surface area contributed by atoms with Crippen LogP contribution >= 0.6 is 11.8 Å². The van der Waals surface area contributed by atoms with Crippen molar-refractivity contribution in [2.24, 2.45) is 0 Å². The Labute approximate surface area is 203 Å². The zero-order chi connectivity index (χ0) is 24.8. The summed E-state index contributed by atoms with van der Waals surface area (Å²) in [6.45, 7) is 9.86. The fraction of sp³-hybridized carbons (Fsp3) is 0.423. The van der Waals surface area contributed by atoms with Crippen LogP contribution < -0.4 is 14.8 Å². The van der Waals surface area contributed by atoms with E-state index in [4.69, 9.17) is 9.47 Å². The number of imide groups is 1. The van der Waals surface area contributed by atoms with Gasteiger partial charge in [0.2, 0.25) is 5.91 Å². The maximum atomic E-state index is 12.9. The molecule has 2 atom stereocenters. The number of aromatic hydroxyl groups is 1. The average Bonchev–Trinajstić information content (AvgIpc) is 3.04. The lowest BCUT2D eigenvalue weighted by Crippen LogP contribution is -2.44. The minimum atomic E-state index is -0.883. The summed E-state index contributed by atoms with van der Waals surface area (Å²) in [6, 6.07) is 8.93. The van der Waals surface area contributed by atoms with Crippen molar-refractivity contribution in [2.75, 3.05) is 6.61 Å². The minimum Gasteiger partial charge on any atom is -0.508 e. The second-order valence-corrected chi connectivity index (χ2v) is 11.4. The van der Waals surface area contributed by atoms with Gasteiger partial charge in [0.05, 0.1) is 17.2 Å². The summed E-state index contributed by atoms with van der Waals surface area (Å²) in [5.74, 6) is 0.786. The molecular weight excluding hydrogens is 454 g/mol. The number of phenols is 1. The number of hydrogen-bond acceptors (Lipinski definition) is 7. The summed E-state index contributed by atoms with van der Waals surface area (Å²) in [4.78, 5) is 36.2. The van der Waals surface area contributed by atoms with Gasteiger partial charge in [-0.05, 0) is 55.0 Å². The average molecular weight is 484 g/mol. The van der Waals surface area contributed by atoms with Crippen LogP contribution in [-0.4, -0.2) is 39.5 Å². The number of carbonyl (C=O) groups is 3. The third-order valence-corrected chi connectivity index (χ3v) is 7.05. The van der Waals surface area contributed by atoms with E-state index in [1.54, 1.807) is 6.07 Å². The van der Waals surface area contributed by atoms with Crippen LogP contribution in [0.3, 0.4) is 0 Å². The third-order valence-electron chi connectivity index (χ3n) is 6.07. The lowest BCUT2D eigenvalue weighted by atomic mass is 9.83. The Balaban J connectivity index is 1.51. The molecule has 2 aliphatic heterocycles. The number of nitrogens with one attached hydrogen (secondary N) is 1. The Morgan fingerprint density at radius 3 is 2.59 bits per heavy atom. The normalized spacial score (nSPS) is 22.3. The molecule has 0 saturated carbocycles. The number of hydrogen-bond donors (Lipinski definition) is 2. The Kier molecular flexibility index (Phi) is 6.14. The Hall–Kier alpha value is -3.00. The first kappa shape index (κ1) is 24.1. The number of thioether (sulfide) groups is 1. The van der Waals surface area contributed by atoms with Crippen LogP contribution in [0, 0.1) is 6.92 Å². The van der Waals surface area contributed by atoms with E-state index < -0.39 is 10.9 Å². The molecule has 1 saturated heterocycles. The molecule has 180 valence electrons. The van der Waals surface area contributed by atoms with E-state index in [9.17, 15) is 19.5 Å². The second kappa shape index (κ2) is 8.65. The number of amides is 2. The molecule has 0 bridgehead atoms. The van der Waals surface area contributed by atoms with E-state index in [0.29, 0.717) is 29.0 Å². The molecule has 2 aromatic carbocycles. The summed E-state index contributed by atoms with van der Waals surface area (Å²) in [6.07, 6.45) is 0.533. The van der Waals surface area contributed by atoms with E-state index >= 15 is 0 Å². The van der Waals surface area contributed by atoms with Crippen molar-refractivity contribution in [3.63, 3.8) is 0 Å². The highest BCUT2D eigenvalue weighted by atomic mass is 32.2. The fourth-order valence-electron chi connectivity index (χ4n) is 4.19. The first-order valence-corrected chi connectivity index (χ1v) is 12.1. The number of Topliss-reactive ketones (excluding diaryl/α,β-unsaturated/α-hetero) is 1. The minimum absolute atomic E-state index is 0.0892.